The van der Waals surface area contributed by atoms with Crippen LogP contribution in [0.2, 0.25) is 0 Å². The number of piperazine rings is 1. The number of nitrogens with two attached hydrogens (primary N) is 1. The van der Waals surface area contributed by atoms with Gasteiger partial charge in [0.15, 0.2) is 12.1 Å². The zero-order valence-electron chi connectivity index (χ0n) is 29.8. The molecular formula is C36H49F3N6O7. The van der Waals surface area contributed by atoms with Crippen molar-refractivity contribution in [3.05, 3.63) is 53.6 Å². The maximum atomic E-state index is 13.4. The molecule has 0 aromatic heterocycles. The number of halogens is 3. The van der Waals surface area contributed by atoms with E-state index in [4.69, 9.17) is 24.7 Å². The summed E-state index contributed by atoms with van der Waals surface area (Å²) in [6, 6.07) is 13.0. The van der Waals surface area contributed by atoms with Crippen molar-refractivity contribution >= 4 is 23.9 Å². The number of carbonyl (C=O) groups excluding carboxylic acids is 3. The molecule has 3 N–H and O–H groups in total. The van der Waals surface area contributed by atoms with Gasteiger partial charge in [0.1, 0.15) is 5.75 Å². The number of alkyl halides is 3. The molecule has 286 valence electrons. The first-order chi connectivity index (χ1) is 25.0. The van der Waals surface area contributed by atoms with Crippen molar-refractivity contribution in [2.45, 2.75) is 51.4 Å². The van der Waals surface area contributed by atoms with E-state index in [9.17, 15) is 27.6 Å². The van der Waals surface area contributed by atoms with Crippen molar-refractivity contribution in [1.29, 1.82) is 0 Å². The number of benzene rings is 2. The maximum Gasteiger partial charge on any atom is 0.490 e. The molecule has 2 heterocycles. The number of rotatable bonds is 15. The smallest absolute Gasteiger partial charge is 0.490 e. The number of hydrogen-bond acceptors (Lipinski definition) is 9. The van der Waals surface area contributed by atoms with Crippen molar-refractivity contribution in [1.82, 2.24) is 20.0 Å². The van der Waals surface area contributed by atoms with Crippen LogP contribution >= 0.6 is 0 Å². The molecule has 13 nitrogen and oxygen atoms in total. The van der Waals surface area contributed by atoms with Gasteiger partial charge in [-0.2, -0.15) is 13.2 Å². The fourth-order valence-electron chi connectivity index (χ4n) is 5.90. The van der Waals surface area contributed by atoms with Crippen LogP contribution in [0.15, 0.2) is 47.5 Å². The SMILES string of the molecule is CCCCN=C(N)NC(=O)C(Cc1ccc(-c2ccccc2)c(CN2CCN(C(=O)N3CCOCC3)CC2)c1OCCCOC)OC(=O)C(F)(F)F. The molecule has 2 fully saturated rings. The Hall–Kier alpha value is -4.41. The maximum absolute atomic E-state index is 13.4. The molecule has 1 atom stereocenters. The summed E-state index contributed by atoms with van der Waals surface area (Å²) in [7, 11) is 1.56. The summed E-state index contributed by atoms with van der Waals surface area (Å²) in [5.74, 6) is -3.51. The zero-order valence-corrected chi connectivity index (χ0v) is 29.8. The Labute approximate surface area is 302 Å². The number of ether oxygens (including phenoxy) is 4. The van der Waals surface area contributed by atoms with E-state index in [2.05, 4.69) is 15.2 Å². The Balaban J connectivity index is 1.68. The predicted molar refractivity (Wildman–Crippen MR) is 188 cm³/mol. The highest BCUT2D eigenvalue weighted by Crippen LogP contribution is 2.37. The van der Waals surface area contributed by atoms with Crippen LogP contribution in [0.3, 0.4) is 0 Å². The fraction of sp³-hybridized carbons (Fsp3) is 0.556. The van der Waals surface area contributed by atoms with Gasteiger partial charge in [-0.3, -0.25) is 20.0 Å². The van der Waals surface area contributed by atoms with Gasteiger partial charge in [-0.25, -0.2) is 9.59 Å². The second-order valence-corrected chi connectivity index (χ2v) is 12.5. The Morgan fingerprint density at radius 1 is 0.962 bits per heavy atom. The molecule has 2 aromatic carbocycles. The molecule has 2 aliphatic rings. The van der Waals surface area contributed by atoms with Gasteiger partial charge >= 0.3 is 18.2 Å². The van der Waals surface area contributed by atoms with E-state index in [0.29, 0.717) is 96.3 Å². The number of esters is 1. The largest absolute Gasteiger partial charge is 0.493 e. The lowest BCUT2D eigenvalue weighted by Crippen LogP contribution is -2.54. The van der Waals surface area contributed by atoms with Crippen molar-refractivity contribution in [2.75, 3.05) is 79.4 Å². The van der Waals surface area contributed by atoms with Crippen LogP contribution in [-0.4, -0.2) is 130 Å². The number of nitrogens with one attached hydrogen (secondary N) is 1. The number of hydrogen-bond donors (Lipinski definition) is 2. The summed E-state index contributed by atoms with van der Waals surface area (Å²) >= 11 is 0. The molecule has 0 spiro atoms. The number of morpholine rings is 1. The van der Waals surface area contributed by atoms with E-state index < -0.39 is 30.6 Å². The summed E-state index contributed by atoms with van der Waals surface area (Å²) in [4.78, 5) is 48.4. The van der Waals surface area contributed by atoms with Crippen LogP contribution in [-0.2, 0) is 36.8 Å². The van der Waals surface area contributed by atoms with Crippen LogP contribution in [0.4, 0.5) is 18.0 Å². The van der Waals surface area contributed by atoms with Gasteiger partial charge in [0.2, 0.25) is 0 Å². The lowest BCUT2D eigenvalue weighted by atomic mass is 9.93. The topological polar surface area (TPSA) is 148 Å². The van der Waals surface area contributed by atoms with Gasteiger partial charge in [0.25, 0.3) is 5.91 Å². The average Bonchev–Trinajstić information content (AvgIpc) is 3.14. The summed E-state index contributed by atoms with van der Waals surface area (Å²) in [5, 5.41) is 2.29. The van der Waals surface area contributed by atoms with Gasteiger partial charge in [-0.15, -0.1) is 0 Å². The van der Waals surface area contributed by atoms with Crippen molar-refractivity contribution < 1.29 is 46.5 Å². The zero-order chi connectivity index (χ0) is 37.5. The highest BCUT2D eigenvalue weighted by atomic mass is 19.4. The molecule has 2 aromatic rings. The highest BCUT2D eigenvalue weighted by Gasteiger charge is 2.43. The Morgan fingerprint density at radius 3 is 2.31 bits per heavy atom. The van der Waals surface area contributed by atoms with E-state index in [1.165, 1.54) is 0 Å². The van der Waals surface area contributed by atoms with E-state index in [1.807, 2.05) is 48.2 Å². The summed E-state index contributed by atoms with van der Waals surface area (Å²) in [6.07, 6.45) is -5.70. The number of unbranched alkanes of at least 4 members (excludes halogenated alkanes) is 1. The highest BCUT2D eigenvalue weighted by molar-refractivity contribution is 5.99. The third-order valence-electron chi connectivity index (χ3n) is 8.70. The van der Waals surface area contributed by atoms with Gasteiger partial charge in [0, 0.05) is 84.5 Å². The van der Waals surface area contributed by atoms with Crippen molar-refractivity contribution in [2.24, 2.45) is 10.7 Å². The van der Waals surface area contributed by atoms with Gasteiger partial charge in [0.05, 0.1) is 19.8 Å². The summed E-state index contributed by atoms with van der Waals surface area (Å²) in [5.41, 5.74) is 8.63. The van der Waals surface area contributed by atoms with Crippen LogP contribution in [0.25, 0.3) is 11.1 Å². The van der Waals surface area contributed by atoms with Crippen molar-refractivity contribution in [3.8, 4) is 16.9 Å². The lowest BCUT2D eigenvalue weighted by molar-refractivity contribution is -0.205. The molecule has 4 rings (SSSR count). The molecular weight excluding hydrogens is 685 g/mol. The average molecular weight is 735 g/mol. The number of guanidine groups is 1. The Kier molecular flexibility index (Phi) is 15.5. The fourth-order valence-corrected chi connectivity index (χ4v) is 5.90. The molecule has 0 aliphatic carbocycles. The second kappa shape index (κ2) is 20.0. The quantitative estimate of drug-likeness (QED) is 0.121. The third kappa shape index (κ3) is 11.8. The first kappa shape index (κ1) is 40.4. The summed E-state index contributed by atoms with van der Waals surface area (Å²) < 4.78 is 62.0. The second-order valence-electron chi connectivity index (χ2n) is 12.5. The molecule has 2 saturated heterocycles. The molecule has 1 unspecified atom stereocenters. The minimum absolute atomic E-state index is 0.0224. The normalized spacial score (nSPS) is 16.4. The number of aliphatic imine (C=N–C) groups is 1. The minimum atomic E-state index is -5.34. The number of amides is 3. The first-order valence-corrected chi connectivity index (χ1v) is 17.6. The molecule has 52 heavy (non-hydrogen) atoms. The number of carbonyl (C=O) groups is 3. The van der Waals surface area contributed by atoms with E-state index in [-0.39, 0.29) is 18.6 Å². The Bertz CT molecular complexity index is 1500. The minimum Gasteiger partial charge on any atom is -0.493 e. The van der Waals surface area contributed by atoms with Crippen LogP contribution in [0.5, 0.6) is 5.75 Å². The van der Waals surface area contributed by atoms with E-state index >= 15 is 0 Å². The molecule has 0 radical (unpaired) electrons. The number of nitrogens with zero attached hydrogens (tertiary/aromatic N) is 4. The standard InChI is InChI=1S/C36H49F3N6O7/c1-3-4-13-41-34(40)42-32(46)30(52-33(47)36(37,38)39)24-27-11-12-28(26-9-6-5-7-10-26)29(31(27)51-21-8-20-49-2)25-43-14-16-44(17-15-43)35(48)45-18-22-50-23-19-45/h5-7,9-12,30H,3-4,8,13-25H2,1-2H3,(H3,40,41,42,46). The lowest BCUT2D eigenvalue weighted by Gasteiger charge is -2.39. The van der Waals surface area contributed by atoms with Crippen LogP contribution in [0, 0.1) is 0 Å². The van der Waals surface area contributed by atoms with Crippen molar-refractivity contribution in [3.63, 3.8) is 0 Å². The first-order valence-electron chi connectivity index (χ1n) is 17.6. The van der Waals surface area contributed by atoms with Crippen LogP contribution < -0.4 is 15.8 Å². The van der Waals surface area contributed by atoms with Crippen LogP contribution in [0.1, 0.15) is 37.3 Å². The third-order valence-corrected chi connectivity index (χ3v) is 8.70. The van der Waals surface area contributed by atoms with E-state index in [0.717, 1.165) is 23.1 Å². The predicted octanol–water partition coefficient (Wildman–Crippen LogP) is 3.59. The number of methoxy groups -OCH3 is 1. The molecule has 0 bridgehead atoms. The number of urea groups is 1. The molecule has 16 heteroatoms. The van der Waals surface area contributed by atoms with Gasteiger partial charge in [-0.05, 0) is 23.1 Å². The monoisotopic (exact) mass is 734 g/mol. The van der Waals surface area contributed by atoms with E-state index in [1.54, 1.807) is 18.1 Å². The molecule has 3 amide bonds. The Morgan fingerprint density at radius 2 is 1.65 bits per heavy atom. The van der Waals surface area contributed by atoms with Gasteiger partial charge < -0.3 is 34.5 Å². The van der Waals surface area contributed by atoms with Gasteiger partial charge in [-0.1, -0.05) is 55.8 Å². The molecule has 2 aliphatic heterocycles. The summed E-state index contributed by atoms with van der Waals surface area (Å²) in [6.45, 7) is 7.43. The molecule has 0 saturated carbocycles.